The summed E-state index contributed by atoms with van der Waals surface area (Å²) < 4.78 is 13.0. The Kier molecular flexibility index (Phi) is 5.51. The average Bonchev–Trinajstić information content (AvgIpc) is 3.57. The zero-order valence-corrected chi connectivity index (χ0v) is 16.4. The van der Waals surface area contributed by atoms with E-state index in [1.807, 2.05) is 24.3 Å². The summed E-state index contributed by atoms with van der Waals surface area (Å²) >= 11 is 0. The molecular formula is C23H26FN3O2. The molecule has 2 fully saturated rings. The van der Waals surface area contributed by atoms with Crippen LogP contribution in [0.4, 0.5) is 15.8 Å². The largest absolute Gasteiger partial charge is 0.372 e. The smallest absolute Gasteiger partial charge is 0.240 e. The summed E-state index contributed by atoms with van der Waals surface area (Å²) in [5.74, 6) is -0.853. The average molecular weight is 395 g/mol. The molecule has 5 nitrogen and oxygen atoms in total. The van der Waals surface area contributed by atoms with E-state index >= 15 is 0 Å². The van der Waals surface area contributed by atoms with Gasteiger partial charge in [0, 0.05) is 31.0 Å². The van der Waals surface area contributed by atoms with Crippen molar-refractivity contribution in [2.75, 3.05) is 23.3 Å². The lowest BCUT2D eigenvalue weighted by Gasteiger charge is -2.28. The topological polar surface area (TPSA) is 61.4 Å². The molecule has 1 heterocycles. The fourth-order valence-electron chi connectivity index (χ4n) is 3.79. The van der Waals surface area contributed by atoms with E-state index in [2.05, 4.69) is 15.5 Å². The van der Waals surface area contributed by atoms with E-state index in [0.29, 0.717) is 18.5 Å². The first kappa shape index (κ1) is 19.4. The van der Waals surface area contributed by atoms with Crippen LogP contribution in [-0.4, -0.2) is 24.9 Å². The SMILES string of the molecule is O=C(NCc1ccc(F)cc1)C1(C(=O)Nc2ccc(N3CCCCC3)cc2)CC1. The highest BCUT2D eigenvalue weighted by Gasteiger charge is 2.56. The summed E-state index contributed by atoms with van der Waals surface area (Å²) in [5, 5.41) is 5.70. The highest BCUT2D eigenvalue weighted by Crippen LogP contribution is 2.47. The summed E-state index contributed by atoms with van der Waals surface area (Å²) in [5.41, 5.74) is 1.67. The van der Waals surface area contributed by atoms with Crippen molar-refractivity contribution < 1.29 is 14.0 Å². The summed E-state index contributed by atoms with van der Waals surface area (Å²) in [6, 6.07) is 13.8. The maximum Gasteiger partial charge on any atom is 0.240 e. The Morgan fingerprint density at radius 2 is 1.55 bits per heavy atom. The van der Waals surface area contributed by atoms with Gasteiger partial charge >= 0.3 is 0 Å². The van der Waals surface area contributed by atoms with Gasteiger partial charge in [0.15, 0.2) is 0 Å². The number of halogens is 1. The molecule has 2 N–H and O–H groups in total. The van der Waals surface area contributed by atoms with Gasteiger partial charge in [-0.2, -0.15) is 0 Å². The van der Waals surface area contributed by atoms with Crippen LogP contribution in [-0.2, 0) is 16.1 Å². The third-order valence-electron chi connectivity index (χ3n) is 5.83. The van der Waals surface area contributed by atoms with Crippen molar-refractivity contribution in [3.05, 3.63) is 59.9 Å². The number of carbonyl (C=O) groups excluding carboxylic acids is 2. The van der Waals surface area contributed by atoms with E-state index in [4.69, 9.17) is 0 Å². The lowest BCUT2D eigenvalue weighted by atomic mass is 10.0. The minimum Gasteiger partial charge on any atom is -0.372 e. The first-order valence-corrected chi connectivity index (χ1v) is 10.3. The van der Waals surface area contributed by atoms with Gasteiger partial charge in [0.05, 0.1) is 0 Å². The molecule has 2 aromatic rings. The van der Waals surface area contributed by atoms with Gasteiger partial charge < -0.3 is 15.5 Å². The Morgan fingerprint density at radius 1 is 0.897 bits per heavy atom. The van der Waals surface area contributed by atoms with Crippen molar-refractivity contribution in [3.8, 4) is 0 Å². The van der Waals surface area contributed by atoms with Crippen LogP contribution in [0.25, 0.3) is 0 Å². The minimum atomic E-state index is -0.994. The summed E-state index contributed by atoms with van der Waals surface area (Å²) in [6.45, 7) is 2.42. The molecule has 1 saturated carbocycles. The van der Waals surface area contributed by atoms with Crippen LogP contribution in [0, 0.1) is 11.2 Å². The zero-order valence-electron chi connectivity index (χ0n) is 16.4. The molecule has 152 valence electrons. The second-order valence-electron chi connectivity index (χ2n) is 7.94. The Hall–Kier alpha value is -2.89. The van der Waals surface area contributed by atoms with E-state index in [0.717, 1.165) is 18.7 Å². The second kappa shape index (κ2) is 8.23. The van der Waals surface area contributed by atoms with Crippen LogP contribution in [0.3, 0.4) is 0 Å². The van der Waals surface area contributed by atoms with Gasteiger partial charge in [0.25, 0.3) is 0 Å². The Bertz CT molecular complexity index is 870. The first-order chi connectivity index (χ1) is 14.1. The van der Waals surface area contributed by atoms with Gasteiger partial charge in [-0.3, -0.25) is 9.59 Å². The van der Waals surface area contributed by atoms with Crippen LogP contribution in [0.15, 0.2) is 48.5 Å². The quantitative estimate of drug-likeness (QED) is 0.731. The molecule has 2 aliphatic rings. The van der Waals surface area contributed by atoms with Crippen molar-refractivity contribution in [3.63, 3.8) is 0 Å². The number of nitrogens with one attached hydrogen (secondary N) is 2. The highest BCUT2D eigenvalue weighted by atomic mass is 19.1. The fraction of sp³-hybridized carbons (Fsp3) is 0.391. The third kappa shape index (κ3) is 4.42. The predicted octanol–water partition coefficient (Wildman–Crippen LogP) is 3.85. The molecule has 0 radical (unpaired) electrons. The van der Waals surface area contributed by atoms with Gasteiger partial charge in [0.2, 0.25) is 11.8 Å². The molecule has 4 rings (SSSR count). The standard InChI is InChI=1S/C23H26FN3O2/c24-18-6-4-17(5-7-18)16-25-21(28)23(12-13-23)22(29)26-19-8-10-20(11-9-19)27-14-2-1-3-15-27/h4-11H,1-3,12-16H2,(H,25,28)(H,26,29). The van der Waals surface area contributed by atoms with E-state index < -0.39 is 5.41 Å². The predicted molar refractivity (Wildman–Crippen MR) is 111 cm³/mol. The monoisotopic (exact) mass is 395 g/mol. The molecule has 0 bridgehead atoms. The second-order valence-corrected chi connectivity index (χ2v) is 7.94. The van der Waals surface area contributed by atoms with Crippen LogP contribution in [0.5, 0.6) is 0 Å². The van der Waals surface area contributed by atoms with E-state index in [1.54, 1.807) is 12.1 Å². The van der Waals surface area contributed by atoms with Gasteiger partial charge in [-0.25, -0.2) is 4.39 Å². The number of amides is 2. The molecule has 2 aromatic carbocycles. The van der Waals surface area contributed by atoms with Crippen molar-refractivity contribution in [1.29, 1.82) is 0 Å². The molecule has 0 aromatic heterocycles. The number of nitrogens with zero attached hydrogens (tertiary/aromatic N) is 1. The number of benzene rings is 2. The molecule has 0 unspecified atom stereocenters. The van der Waals surface area contributed by atoms with E-state index in [9.17, 15) is 14.0 Å². The number of hydrogen-bond acceptors (Lipinski definition) is 3. The third-order valence-corrected chi connectivity index (χ3v) is 5.83. The minimum absolute atomic E-state index is 0.264. The number of anilines is 2. The first-order valence-electron chi connectivity index (χ1n) is 10.3. The van der Waals surface area contributed by atoms with Crippen LogP contribution in [0.2, 0.25) is 0 Å². The molecule has 0 atom stereocenters. The Balaban J connectivity index is 1.33. The number of rotatable bonds is 6. The highest BCUT2D eigenvalue weighted by molar-refractivity contribution is 6.13. The van der Waals surface area contributed by atoms with E-state index in [-0.39, 0.29) is 24.2 Å². The summed E-state index contributed by atoms with van der Waals surface area (Å²) in [7, 11) is 0. The molecule has 1 saturated heterocycles. The van der Waals surface area contributed by atoms with Gasteiger partial charge in [-0.15, -0.1) is 0 Å². The van der Waals surface area contributed by atoms with Gasteiger partial charge in [0.1, 0.15) is 11.2 Å². The normalized spacial score (nSPS) is 17.5. The molecule has 6 heteroatoms. The van der Waals surface area contributed by atoms with Crippen molar-refractivity contribution in [2.45, 2.75) is 38.6 Å². The zero-order chi connectivity index (χ0) is 20.3. The van der Waals surface area contributed by atoms with Gasteiger partial charge in [-0.1, -0.05) is 12.1 Å². The van der Waals surface area contributed by atoms with Crippen LogP contribution in [0.1, 0.15) is 37.7 Å². The van der Waals surface area contributed by atoms with E-state index in [1.165, 1.54) is 37.1 Å². The molecule has 2 amide bonds. The molecule has 1 aliphatic carbocycles. The lowest BCUT2D eigenvalue weighted by Crippen LogP contribution is -2.39. The molecule has 1 aliphatic heterocycles. The number of carbonyl (C=O) groups is 2. The lowest BCUT2D eigenvalue weighted by molar-refractivity contribution is -0.134. The molecule has 0 spiro atoms. The Labute approximate surface area is 170 Å². The molecular weight excluding hydrogens is 369 g/mol. The number of hydrogen-bond donors (Lipinski definition) is 2. The van der Waals surface area contributed by atoms with Crippen molar-refractivity contribution >= 4 is 23.2 Å². The summed E-state index contributed by atoms with van der Waals surface area (Å²) in [6.07, 6.45) is 4.80. The fourth-order valence-corrected chi connectivity index (χ4v) is 3.79. The summed E-state index contributed by atoms with van der Waals surface area (Å²) in [4.78, 5) is 27.7. The number of piperidine rings is 1. The molecule has 29 heavy (non-hydrogen) atoms. The van der Waals surface area contributed by atoms with Gasteiger partial charge in [-0.05, 0) is 74.1 Å². The van der Waals surface area contributed by atoms with Crippen LogP contribution < -0.4 is 15.5 Å². The van der Waals surface area contributed by atoms with Crippen molar-refractivity contribution in [2.24, 2.45) is 5.41 Å². The van der Waals surface area contributed by atoms with Crippen molar-refractivity contribution in [1.82, 2.24) is 5.32 Å². The van der Waals surface area contributed by atoms with Crippen LogP contribution >= 0.6 is 0 Å². The maximum atomic E-state index is 13.0. The Morgan fingerprint density at radius 3 is 2.17 bits per heavy atom. The maximum absolute atomic E-state index is 13.0.